The number of rotatable bonds is 5. The van der Waals surface area contributed by atoms with Crippen LogP contribution in [0.5, 0.6) is 0 Å². The first-order chi connectivity index (χ1) is 9.97. The van der Waals surface area contributed by atoms with Crippen LogP contribution in [0.15, 0.2) is 23.4 Å². The average Bonchev–Trinajstić information content (AvgIpc) is 2.82. The summed E-state index contributed by atoms with van der Waals surface area (Å²) in [6, 6.07) is 6.13. The molecule has 0 atom stereocenters. The van der Waals surface area contributed by atoms with Crippen LogP contribution in [0.4, 0.5) is 5.69 Å². The van der Waals surface area contributed by atoms with Gasteiger partial charge in [0.2, 0.25) is 11.1 Å². The number of aromatic nitrogens is 4. The Hall–Kier alpha value is -1.89. The van der Waals surface area contributed by atoms with E-state index < -0.39 is 0 Å². The van der Waals surface area contributed by atoms with Gasteiger partial charge in [-0.1, -0.05) is 17.8 Å². The number of thioether (sulfide) groups is 1. The summed E-state index contributed by atoms with van der Waals surface area (Å²) < 4.78 is 1.60. The lowest BCUT2D eigenvalue weighted by molar-refractivity contribution is -0.117. The van der Waals surface area contributed by atoms with Crippen LogP contribution in [-0.4, -0.2) is 38.9 Å². The standard InChI is InChI=1S/C14H19N5OS/c1-10-7-11(2)9-12(8-10)18(3)13(20)5-6-21-14-15-16-17-19(14)4/h7-9H,5-6H2,1-4H3. The Balaban J connectivity index is 1.92. The first-order valence-corrected chi connectivity index (χ1v) is 7.66. The molecule has 0 saturated carbocycles. The zero-order valence-corrected chi connectivity index (χ0v) is 13.5. The zero-order valence-electron chi connectivity index (χ0n) is 12.7. The lowest BCUT2D eigenvalue weighted by atomic mass is 10.1. The van der Waals surface area contributed by atoms with Crippen LogP contribution < -0.4 is 4.90 Å². The van der Waals surface area contributed by atoms with Crippen molar-refractivity contribution < 1.29 is 4.79 Å². The van der Waals surface area contributed by atoms with Crippen LogP contribution in [0, 0.1) is 13.8 Å². The first kappa shape index (κ1) is 15.5. The van der Waals surface area contributed by atoms with Crippen LogP contribution in [0.1, 0.15) is 17.5 Å². The SMILES string of the molecule is Cc1cc(C)cc(N(C)C(=O)CCSc2nnnn2C)c1. The van der Waals surface area contributed by atoms with Crippen molar-refractivity contribution in [3.63, 3.8) is 0 Å². The van der Waals surface area contributed by atoms with Crippen LogP contribution in [0.3, 0.4) is 0 Å². The third kappa shape index (κ3) is 4.04. The van der Waals surface area contributed by atoms with Gasteiger partial charge >= 0.3 is 0 Å². The molecule has 1 heterocycles. The second-order valence-corrected chi connectivity index (χ2v) is 6.04. The molecule has 0 radical (unpaired) electrons. The Kier molecular flexibility index (Phi) is 4.95. The molecule has 0 aliphatic rings. The second-order valence-electron chi connectivity index (χ2n) is 4.98. The summed E-state index contributed by atoms with van der Waals surface area (Å²) in [7, 11) is 3.59. The Morgan fingerprint density at radius 3 is 2.52 bits per heavy atom. The molecular weight excluding hydrogens is 286 g/mol. The fraction of sp³-hybridized carbons (Fsp3) is 0.429. The van der Waals surface area contributed by atoms with Gasteiger partial charge in [-0.3, -0.25) is 4.79 Å². The number of hydrogen-bond acceptors (Lipinski definition) is 5. The van der Waals surface area contributed by atoms with E-state index in [-0.39, 0.29) is 5.91 Å². The molecule has 0 fully saturated rings. The van der Waals surface area contributed by atoms with E-state index in [1.54, 1.807) is 16.6 Å². The van der Waals surface area contributed by atoms with Gasteiger partial charge in [-0.25, -0.2) is 4.68 Å². The van der Waals surface area contributed by atoms with Crippen molar-refractivity contribution in [1.82, 2.24) is 20.2 Å². The van der Waals surface area contributed by atoms with Crippen LogP contribution in [0.2, 0.25) is 0 Å². The molecule has 0 unspecified atom stereocenters. The summed E-state index contributed by atoms with van der Waals surface area (Å²) >= 11 is 1.48. The maximum absolute atomic E-state index is 12.2. The van der Waals surface area contributed by atoms with Gasteiger partial charge in [0.25, 0.3) is 0 Å². The molecule has 112 valence electrons. The first-order valence-electron chi connectivity index (χ1n) is 6.67. The Morgan fingerprint density at radius 2 is 1.95 bits per heavy atom. The Bertz CT molecular complexity index is 620. The van der Waals surface area contributed by atoms with Gasteiger partial charge in [-0.05, 0) is 47.5 Å². The van der Waals surface area contributed by atoms with Crippen LogP contribution in [-0.2, 0) is 11.8 Å². The third-order valence-electron chi connectivity index (χ3n) is 3.10. The number of nitrogens with zero attached hydrogens (tertiary/aromatic N) is 5. The molecule has 0 spiro atoms. The number of hydrogen-bond donors (Lipinski definition) is 0. The minimum atomic E-state index is 0.0858. The molecule has 6 nitrogen and oxygen atoms in total. The van der Waals surface area contributed by atoms with Gasteiger partial charge in [0.05, 0.1) is 0 Å². The topological polar surface area (TPSA) is 63.9 Å². The van der Waals surface area contributed by atoms with Crippen molar-refractivity contribution in [3.8, 4) is 0 Å². The summed E-state index contributed by atoms with van der Waals surface area (Å²) in [4.78, 5) is 13.9. The molecule has 0 N–H and O–H groups in total. The number of anilines is 1. The van der Waals surface area contributed by atoms with E-state index in [1.807, 2.05) is 33.0 Å². The highest BCUT2D eigenvalue weighted by Crippen LogP contribution is 2.19. The molecule has 7 heteroatoms. The lowest BCUT2D eigenvalue weighted by Gasteiger charge is -2.18. The van der Waals surface area contributed by atoms with E-state index >= 15 is 0 Å². The quantitative estimate of drug-likeness (QED) is 0.790. The third-order valence-corrected chi connectivity index (χ3v) is 4.11. The maximum Gasteiger partial charge on any atom is 0.227 e. The zero-order chi connectivity index (χ0) is 15.4. The van der Waals surface area contributed by atoms with E-state index in [0.717, 1.165) is 22.0 Å². The van der Waals surface area contributed by atoms with E-state index in [9.17, 15) is 4.79 Å². The molecule has 2 rings (SSSR count). The second kappa shape index (κ2) is 6.71. The van der Waals surface area contributed by atoms with Crippen molar-refractivity contribution in [2.45, 2.75) is 25.4 Å². The van der Waals surface area contributed by atoms with E-state index in [0.29, 0.717) is 12.2 Å². The largest absolute Gasteiger partial charge is 0.315 e. The van der Waals surface area contributed by atoms with Gasteiger partial charge in [-0.15, -0.1) is 5.10 Å². The highest BCUT2D eigenvalue weighted by molar-refractivity contribution is 7.99. The number of tetrazole rings is 1. The fourth-order valence-corrected chi connectivity index (χ4v) is 2.81. The van der Waals surface area contributed by atoms with Crippen LogP contribution in [0.25, 0.3) is 0 Å². The maximum atomic E-state index is 12.2. The minimum Gasteiger partial charge on any atom is -0.315 e. The van der Waals surface area contributed by atoms with Crippen molar-refractivity contribution in [2.75, 3.05) is 17.7 Å². The van der Waals surface area contributed by atoms with Gasteiger partial charge in [0, 0.05) is 32.0 Å². The predicted molar refractivity (Wildman–Crippen MR) is 83.5 cm³/mol. The van der Waals surface area contributed by atoms with E-state index in [4.69, 9.17) is 0 Å². The summed E-state index contributed by atoms with van der Waals surface area (Å²) in [6.07, 6.45) is 0.445. The minimum absolute atomic E-state index is 0.0858. The summed E-state index contributed by atoms with van der Waals surface area (Å²) in [5.74, 6) is 0.741. The molecule has 0 bridgehead atoms. The predicted octanol–water partition coefficient (Wildman–Crippen LogP) is 1.97. The Labute approximate surface area is 128 Å². The molecule has 0 aliphatic heterocycles. The van der Waals surface area contributed by atoms with Gasteiger partial charge in [-0.2, -0.15) is 0 Å². The molecule has 0 aliphatic carbocycles. The number of carbonyl (C=O) groups excluding carboxylic acids is 1. The van der Waals surface area contributed by atoms with Crippen molar-refractivity contribution >= 4 is 23.4 Å². The fourth-order valence-electron chi connectivity index (χ4n) is 2.03. The van der Waals surface area contributed by atoms with Gasteiger partial charge in [0.1, 0.15) is 0 Å². The van der Waals surface area contributed by atoms with Crippen molar-refractivity contribution in [1.29, 1.82) is 0 Å². The van der Waals surface area contributed by atoms with Gasteiger partial charge < -0.3 is 4.90 Å². The molecule has 0 saturated heterocycles. The number of amides is 1. The smallest absolute Gasteiger partial charge is 0.227 e. The summed E-state index contributed by atoms with van der Waals surface area (Å²) in [5, 5.41) is 11.9. The monoisotopic (exact) mass is 305 g/mol. The number of benzene rings is 1. The normalized spacial score (nSPS) is 10.7. The molecular formula is C14H19N5OS. The van der Waals surface area contributed by atoms with Crippen molar-refractivity contribution in [2.24, 2.45) is 7.05 Å². The molecule has 1 aromatic heterocycles. The summed E-state index contributed by atoms with van der Waals surface area (Å²) in [5.41, 5.74) is 3.25. The number of carbonyl (C=O) groups is 1. The lowest BCUT2D eigenvalue weighted by Crippen LogP contribution is -2.26. The molecule has 1 aromatic carbocycles. The van der Waals surface area contributed by atoms with E-state index in [2.05, 4.69) is 21.6 Å². The molecule has 2 aromatic rings. The van der Waals surface area contributed by atoms with Crippen molar-refractivity contribution in [3.05, 3.63) is 29.3 Å². The molecule has 21 heavy (non-hydrogen) atoms. The van der Waals surface area contributed by atoms with E-state index in [1.165, 1.54) is 11.8 Å². The molecule has 1 amide bonds. The van der Waals surface area contributed by atoms with Crippen LogP contribution >= 0.6 is 11.8 Å². The summed E-state index contributed by atoms with van der Waals surface area (Å²) in [6.45, 7) is 4.07. The number of aryl methyl sites for hydroxylation is 3. The Morgan fingerprint density at radius 1 is 1.29 bits per heavy atom. The van der Waals surface area contributed by atoms with Gasteiger partial charge in [0.15, 0.2) is 0 Å². The average molecular weight is 305 g/mol. The highest BCUT2D eigenvalue weighted by atomic mass is 32.2. The highest BCUT2D eigenvalue weighted by Gasteiger charge is 2.12.